The molecule has 0 saturated carbocycles. The zero-order valence-electron chi connectivity index (χ0n) is 20.4. The molecular formula is C25H48F2O. The van der Waals surface area contributed by atoms with Gasteiger partial charge in [-0.05, 0) is 42.1 Å². The van der Waals surface area contributed by atoms with Crippen molar-refractivity contribution in [2.24, 2.45) is 23.7 Å². The Bertz CT molecular complexity index is 440. The number of ether oxygens (including phenoxy) is 1. The monoisotopic (exact) mass is 402 g/mol. The molecule has 4 atom stereocenters. The zero-order chi connectivity index (χ0) is 22.9. The van der Waals surface area contributed by atoms with Gasteiger partial charge in [0.2, 0.25) is 0 Å². The second-order valence-corrected chi connectivity index (χ2v) is 7.30. The van der Waals surface area contributed by atoms with Crippen LogP contribution in [0.25, 0.3) is 0 Å². The maximum atomic E-state index is 14.1. The predicted molar refractivity (Wildman–Crippen MR) is 123 cm³/mol. The molecule has 0 spiro atoms. The van der Waals surface area contributed by atoms with Crippen molar-refractivity contribution in [3.63, 3.8) is 0 Å². The van der Waals surface area contributed by atoms with Crippen molar-refractivity contribution >= 4 is 0 Å². The molecule has 4 unspecified atom stereocenters. The van der Waals surface area contributed by atoms with Crippen LogP contribution in [-0.2, 0) is 4.74 Å². The third-order valence-electron chi connectivity index (χ3n) is 5.40. The first-order valence-corrected chi connectivity index (χ1v) is 11.1. The summed E-state index contributed by atoms with van der Waals surface area (Å²) in [6, 6.07) is 0. The van der Waals surface area contributed by atoms with E-state index in [2.05, 4.69) is 45.6 Å². The first-order valence-electron chi connectivity index (χ1n) is 11.1. The van der Waals surface area contributed by atoms with Gasteiger partial charge in [0.05, 0.1) is 7.11 Å². The predicted octanol–water partition coefficient (Wildman–Crippen LogP) is 9.42. The van der Waals surface area contributed by atoms with Crippen LogP contribution < -0.4 is 0 Å². The van der Waals surface area contributed by atoms with E-state index < -0.39 is 11.7 Å². The molecule has 168 valence electrons. The van der Waals surface area contributed by atoms with Gasteiger partial charge in [-0.1, -0.05) is 94.7 Å². The Kier molecular flexibility index (Phi) is 21.7. The summed E-state index contributed by atoms with van der Waals surface area (Å²) in [6.07, 6.45) is 5.49. The van der Waals surface area contributed by atoms with Crippen LogP contribution in [0.2, 0.25) is 0 Å². The Morgan fingerprint density at radius 3 is 1.61 bits per heavy atom. The van der Waals surface area contributed by atoms with Gasteiger partial charge in [0.15, 0.2) is 11.7 Å². The highest BCUT2D eigenvalue weighted by Gasteiger charge is 2.20. The van der Waals surface area contributed by atoms with Crippen LogP contribution >= 0.6 is 0 Å². The van der Waals surface area contributed by atoms with Gasteiger partial charge in [0.25, 0.3) is 0 Å². The van der Waals surface area contributed by atoms with Gasteiger partial charge < -0.3 is 4.74 Å². The second kappa shape index (κ2) is 19.2. The lowest BCUT2D eigenvalue weighted by molar-refractivity contribution is 0.279. The Balaban J connectivity index is -0.00000146. The van der Waals surface area contributed by atoms with E-state index in [1.165, 1.54) is 26.4 Å². The average molecular weight is 403 g/mol. The average Bonchev–Trinajstić information content (AvgIpc) is 2.75. The minimum Gasteiger partial charge on any atom is -0.494 e. The molecule has 3 heteroatoms. The van der Waals surface area contributed by atoms with E-state index in [9.17, 15) is 8.78 Å². The van der Waals surface area contributed by atoms with E-state index in [1.54, 1.807) is 0 Å². The fourth-order valence-electron chi connectivity index (χ4n) is 2.58. The molecule has 0 radical (unpaired) electrons. The van der Waals surface area contributed by atoms with Crippen LogP contribution in [-0.4, -0.2) is 7.11 Å². The fourth-order valence-corrected chi connectivity index (χ4v) is 2.58. The molecule has 0 aliphatic rings. The van der Waals surface area contributed by atoms with E-state index in [0.717, 1.165) is 18.8 Å². The number of allylic oxidation sites excluding steroid dienone is 3. The molecule has 0 heterocycles. The Morgan fingerprint density at radius 1 is 0.786 bits per heavy atom. The highest BCUT2D eigenvalue weighted by molar-refractivity contribution is 5.33. The van der Waals surface area contributed by atoms with Crippen molar-refractivity contribution in [2.75, 3.05) is 7.11 Å². The zero-order valence-corrected chi connectivity index (χ0v) is 20.4. The van der Waals surface area contributed by atoms with Crippen LogP contribution in [0, 0.1) is 23.7 Å². The molecule has 0 aliphatic heterocycles. The van der Waals surface area contributed by atoms with Crippen molar-refractivity contribution < 1.29 is 13.5 Å². The highest BCUT2D eigenvalue weighted by Crippen LogP contribution is 2.31. The van der Waals surface area contributed by atoms with Gasteiger partial charge in [-0.15, -0.1) is 0 Å². The van der Waals surface area contributed by atoms with Gasteiger partial charge in [0, 0.05) is 0 Å². The molecule has 0 rings (SSSR count). The van der Waals surface area contributed by atoms with E-state index in [4.69, 9.17) is 0 Å². The third kappa shape index (κ3) is 13.1. The van der Waals surface area contributed by atoms with Crippen molar-refractivity contribution in [3.05, 3.63) is 36.1 Å². The third-order valence-corrected chi connectivity index (χ3v) is 5.40. The smallest absolute Gasteiger partial charge is 0.200 e. The molecule has 0 aromatic rings. The molecular weight excluding hydrogens is 354 g/mol. The second-order valence-electron chi connectivity index (χ2n) is 7.30. The van der Waals surface area contributed by atoms with Gasteiger partial charge in [0.1, 0.15) is 5.76 Å². The summed E-state index contributed by atoms with van der Waals surface area (Å²) >= 11 is 0. The summed E-state index contributed by atoms with van der Waals surface area (Å²) in [4.78, 5) is 0. The lowest BCUT2D eigenvalue weighted by atomic mass is 9.83. The normalized spacial score (nSPS) is 15.4. The van der Waals surface area contributed by atoms with Crippen molar-refractivity contribution in [2.45, 2.75) is 94.4 Å². The van der Waals surface area contributed by atoms with Crippen molar-refractivity contribution in [1.29, 1.82) is 0 Å². The van der Waals surface area contributed by atoms with E-state index >= 15 is 0 Å². The van der Waals surface area contributed by atoms with Crippen LogP contribution in [0.5, 0.6) is 0 Å². The summed E-state index contributed by atoms with van der Waals surface area (Å²) in [6.45, 7) is 26.0. The molecule has 28 heavy (non-hydrogen) atoms. The molecule has 1 nitrogen and oxygen atoms in total. The molecule has 0 saturated heterocycles. The minimum absolute atomic E-state index is 0.107. The molecule has 0 aromatic heterocycles. The lowest BCUT2D eigenvalue weighted by Gasteiger charge is -2.23. The number of hydrogen-bond acceptors (Lipinski definition) is 1. The summed E-state index contributed by atoms with van der Waals surface area (Å²) < 4.78 is 32.5. The standard InChI is InChI=1S/C21H36F2O.2C2H6/c1-9-14(2)10-11-15(3)16(4)12-13-17(5)18(6)20(22)21(23)19(7)24-8;2*1-2/h14-17H,6-7,9-13H2,1-5,8H3;2*1-2H3/b21-20-;;. The molecule has 0 amide bonds. The van der Waals surface area contributed by atoms with Gasteiger partial charge >= 0.3 is 0 Å². The SMILES string of the molecule is C=C(OC)/C(F)=C(/F)C(=C)C(C)CCC(C)C(C)CCC(C)CC.CC.CC. The summed E-state index contributed by atoms with van der Waals surface area (Å²) in [7, 11) is 1.27. The van der Waals surface area contributed by atoms with E-state index in [1.807, 2.05) is 34.6 Å². The van der Waals surface area contributed by atoms with Gasteiger partial charge in [-0.3, -0.25) is 0 Å². The number of methoxy groups -OCH3 is 1. The highest BCUT2D eigenvalue weighted by atomic mass is 19.2. The number of halogens is 2. The lowest BCUT2D eigenvalue weighted by Crippen LogP contribution is -2.12. The summed E-state index contributed by atoms with van der Waals surface area (Å²) in [5, 5.41) is 0. The molecule has 0 bridgehead atoms. The van der Waals surface area contributed by atoms with Crippen molar-refractivity contribution in [1.82, 2.24) is 0 Å². The topological polar surface area (TPSA) is 9.23 Å². The maximum absolute atomic E-state index is 14.1. The minimum atomic E-state index is -1.05. The molecule has 0 N–H and O–H groups in total. The van der Waals surface area contributed by atoms with Gasteiger partial charge in [-0.2, -0.15) is 4.39 Å². The first kappa shape index (κ1) is 31.6. The number of rotatable bonds is 12. The molecule has 0 aliphatic carbocycles. The largest absolute Gasteiger partial charge is 0.494 e. The van der Waals surface area contributed by atoms with Crippen LogP contribution in [0.15, 0.2) is 36.1 Å². The Labute approximate surface area is 175 Å². The number of hydrogen-bond donors (Lipinski definition) is 0. The first-order chi connectivity index (χ1) is 13.1. The van der Waals surface area contributed by atoms with Crippen molar-refractivity contribution in [3.8, 4) is 0 Å². The van der Waals surface area contributed by atoms with Crippen LogP contribution in [0.1, 0.15) is 94.4 Å². The van der Waals surface area contributed by atoms with E-state index in [0.29, 0.717) is 11.8 Å². The summed E-state index contributed by atoms with van der Waals surface area (Å²) in [5.41, 5.74) is 0.185. The van der Waals surface area contributed by atoms with Crippen LogP contribution in [0.4, 0.5) is 8.78 Å². The Hall–Kier alpha value is -1.12. The van der Waals surface area contributed by atoms with Crippen LogP contribution in [0.3, 0.4) is 0 Å². The van der Waals surface area contributed by atoms with E-state index in [-0.39, 0.29) is 17.3 Å². The fraction of sp³-hybridized carbons (Fsp3) is 0.760. The molecule has 0 aromatic carbocycles. The molecule has 0 fully saturated rings. The summed E-state index contributed by atoms with van der Waals surface area (Å²) in [5.74, 6) is -0.414. The quantitative estimate of drug-likeness (QED) is 0.233. The maximum Gasteiger partial charge on any atom is 0.200 e. The van der Waals surface area contributed by atoms with Gasteiger partial charge in [-0.25, -0.2) is 4.39 Å². The Morgan fingerprint density at radius 2 is 1.21 bits per heavy atom.